The molecule has 0 spiro atoms. The Hall–Kier alpha value is -1.36. The van der Waals surface area contributed by atoms with Crippen molar-refractivity contribution in [2.75, 3.05) is 0 Å². The van der Waals surface area contributed by atoms with Crippen LogP contribution in [-0.4, -0.2) is 24.3 Å². The molecule has 1 aliphatic rings. The average molecular weight is 252 g/mol. The van der Waals surface area contributed by atoms with Crippen molar-refractivity contribution < 1.29 is 4.79 Å². The molecule has 5 N–H and O–H groups in total. The summed E-state index contributed by atoms with van der Waals surface area (Å²) in [5, 5.41) is 3.03. The predicted octanol–water partition coefficient (Wildman–Crippen LogP) is 0.899. The highest BCUT2D eigenvalue weighted by Crippen LogP contribution is 2.23. The Morgan fingerprint density at radius 2 is 2.22 bits per heavy atom. The third-order valence-electron chi connectivity index (χ3n) is 3.49. The lowest BCUT2D eigenvalue weighted by Gasteiger charge is -2.30. The second-order valence-electron chi connectivity index (χ2n) is 5.03. The van der Waals surface area contributed by atoms with Crippen molar-refractivity contribution in [3.8, 4) is 0 Å². The molecule has 0 bridgehead atoms. The molecule has 1 saturated carbocycles. The maximum absolute atomic E-state index is 11.9. The molecule has 5 nitrogen and oxygen atoms in total. The minimum Gasteiger partial charge on any atom is -0.390 e. The van der Waals surface area contributed by atoms with Gasteiger partial charge in [-0.3, -0.25) is 4.79 Å². The third-order valence-corrected chi connectivity index (χ3v) is 3.49. The molecule has 0 aliphatic heterocycles. The summed E-state index contributed by atoms with van der Waals surface area (Å²) in [5.74, 6) is 0.405. The molecule has 0 radical (unpaired) electrons. The number of amides is 1. The topological polar surface area (TPSA) is 93.5 Å². The van der Waals surface area contributed by atoms with Crippen molar-refractivity contribution in [2.24, 2.45) is 22.4 Å². The average Bonchev–Trinajstić information content (AvgIpc) is 2.32. The second kappa shape index (κ2) is 7.16. The van der Waals surface area contributed by atoms with E-state index < -0.39 is 6.04 Å². The molecule has 1 amide bonds. The smallest absolute Gasteiger partial charge is 0.237 e. The van der Waals surface area contributed by atoms with E-state index in [4.69, 9.17) is 11.5 Å². The predicted molar refractivity (Wildman–Crippen MR) is 74.0 cm³/mol. The number of rotatable bonds is 5. The van der Waals surface area contributed by atoms with Crippen molar-refractivity contribution in [3.63, 3.8) is 0 Å². The quantitative estimate of drug-likeness (QED) is 0.501. The van der Waals surface area contributed by atoms with Crippen LogP contribution in [0, 0.1) is 5.92 Å². The van der Waals surface area contributed by atoms with Crippen LogP contribution in [0.4, 0.5) is 0 Å². The number of hydrogen-bond donors (Lipinski definition) is 3. The fraction of sp³-hybridized carbons (Fsp3) is 0.692. The molecule has 3 unspecified atom stereocenters. The van der Waals surface area contributed by atoms with Gasteiger partial charge in [-0.05, 0) is 18.8 Å². The largest absolute Gasteiger partial charge is 0.390 e. The molecule has 0 heterocycles. The van der Waals surface area contributed by atoms with Crippen LogP contribution in [-0.2, 0) is 4.79 Å². The van der Waals surface area contributed by atoms with Crippen LogP contribution in [0.25, 0.3) is 0 Å². The number of aliphatic imine (C=N–C) groups is 1. The summed E-state index contributed by atoms with van der Waals surface area (Å²) in [7, 11) is 0. The Balaban J connectivity index is 2.41. The first kappa shape index (κ1) is 14.7. The third kappa shape index (κ3) is 4.49. The summed E-state index contributed by atoms with van der Waals surface area (Å²) in [6.07, 6.45) is 6.14. The summed E-state index contributed by atoms with van der Waals surface area (Å²) in [4.78, 5) is 15.7. The number of nitrogens with two attached hydrogens (primary N) is 2. The van der Waals surface area contributed by atoms with Gasteiger partial charge in [0.15, 0.2) is 0 Å². The molecule has 0 aromatic carbocycles. The van der Waals surface area contributed by atoms with E-state index in [1.807, 2.05) is 0 Å². The first-order chi connectivity index (χ1) is 8.54. The summed E-state index contributed by atoms with van der Waals surface area (Å²) in [6, 6.07) is -0.348. The molecule has 18 heavy (non-hydrogen) atoms. The van der Waals surface area contributed by atoms with Crippen LogP contribution < -0.4 is 16.8 Å². The van der Waals surface area contributed by atoms with Gasteiger partial charge >= 0.3 is 0 Å². The molecule has 0 saturated heterocycles. The minimum atomic E-state index is -0.602. The maximum atomic E-state index is 11.9. The molecule has 5 heteroatoms. The Labute approximate surface area is 109 Å². The number of carbonyl (C=O) groups excluding carboxylic acids is 1. The summed E-state index contributed by atoms with van der Waals surface area (Å²) in [6.45, 7) is 5.86. The van der Waals surface area contributed by atoms with Gasteiger partial charge in [0, 0.05) is 18.2 Å². The zero-order valence-corrected chi connectivity index (χ0v) is 11.1. The highest BCUT2D eigenvalue weighted by atomic mass is 16.2. The van der Waals surface area contributed by atoms with Gasteiger partial charge in [-0.25, -0.2) is 4.99 Å². The van der Waals surface area contributed by atoms with Crippen molar-refractivity contribution in [3.05, 3.63) is 12.3 Å². The van der Waals surface area contributed by atoms with E-state index >= 15 is 0 Å². The van der Waals surface area contributed by atoms with Crippen molar-refractivity contribution in [2.45, 2.75) is 51.1 Å². The van der Waals surface area contributed by atoms with Crippen LogP contribution in [0.15, 0.2) is 17.3 Å². The van der Waals surface area contributed by atoms with Gasteiger partial charge in [0.25, 0.3) is 0 Å². The van der Waals surface area contributed by atoms with E-state index in [1.54, 1.807) is 0 Å². The van der Waals surface area contributed by atoms with Gasteiger partial charge in [-0.15, -0.1) is 0 Å². The standard InChI is InChI=1S/C13H24N4O/c1-9-5-3-4-6-12(9)17-13(18)11(15)7-10(2)16-8-14/h8-9,11-12H,2-7,15H2,1H3,(H2,14,16)(H,17,18). The molecule has 0 aromatic heterocycles. The SMILES string of the molecule is C=C(CC(N)C(=O)NC1CCCCC1C)N=CN. The van der Waals surface area contributed by atoms with Crippen LogP contribution in [0.5, 0.6) is 0 Å². The monoisotopic (exact) mass is 252 g/mol. The summed E-state index contributed by atoms with van der Waals surface area (Å²) >= 11 is 0. The maximum Gasteiger partial charge on any atom is 0.237 e. The first-order valence-corrected chi connectivity index (χ1v) is 6.52. The molecule has 1 aliphatic carbocycles. The van der Waals surface area contributed by atoms with E-state index in [0.717, 1.165) is 12.8 Å². The molecule has 1 rings (SSSR count). The Kier molecular flexibility index (Phi) is 5.85. The van der Waals surface area contributed by atoms with Crippen LogP contribution in [0.3, 0.4) is 0 Å². The number of nitrogens with zero attached hydrogens (tertiary/aromatic N) is 1. The Morgan fingerprint density at radius 1 is 1.56 bits per heavy atom. The molecule has 0 aromatic rings. The van der Waals surface area contributed by atoms with Crippen LogP contribution in [0.1, 0.15) is 39.0 Å². The summed E-state index contributed by atoms with van der Waals surface area (Å²) in [5.41, 5.74) is 11.5. The molecule has 3 atom stereocenters. The zero-order valence-electron chi connectivity index (χ0n) is 11.1. The van der Waals surface area contributed by atoms with E-state index in [9.17, 15) is 4.79 Å². The van der Waals surface area contributed by atoms with Crippen LogP contribution >= 0.6 is 0 Å². The zero-order chi connectivity index (χ0) is 13.5. The minimum absolute atomic E-state index is 0.123. The number of hydrogen-bond acceptors (Lipinski definition) is 3. The van der Waals surface area contributed by atoms with E-state index in [2.05, 4.69) is 23.8 Å². The van der Waals surface area contributed by atoms with Gasteiger partial charge in [0.1, 0.15) is 0 Å². The highest BCUT2D eigenvalue weighted by Gasteiger charge is 2.25. The lowest BCUT2D eigenvalue weighted by Crippen LogP contribution is -2.48. The summed E-state index contributed by atoms with van der Waals surface area (Å²) < 4.78 is 0. The Bertz CT molecular complexity index is 327. The first-order valence-electron chi connectivity index (χ1n) is 6.52. The second-order valence-corrected chi connectivity index (χ2v) is 5.03. The normalized spacial score (nSPS) is 25.9. The molecule has 1 fully saturated rings. The van der Waals surface area contributed by atoms with E-state index in [1.165, 1.54) is 19.3 Å². The van der Waals surface area contributed by atoms with Crippen molar-refractivity contribution in [1.29, 1.82) is 0 Å². The number of nitrogens with one attached hydrogen (secondary N) is 1. The fourth-order valence-corrected chi connectivity index (χ4v) is 2.33. The highest BCUT2D eigenvalue weighted by molar-refractivity contribution is 5.82. The lowest BCUT2D eigenvalue weighted by atomic mass is 9.86. The van der Waals surface area contributed by atoms with Gasteiger partial charge in [0.2, 0.25) is 5.91 Å². The lowest BCUT2D eigenvalue weighted by molar-refractivity contribution is -0.123. The fourth-order valence-electron chi connectivity index (χ4n) is 2.33. The molecular formula is C13H24N4O. The van der Waals surface area contributed by atoms with Gasteiger partial charge in [-0.1, -0.05) is 26.3 Å². The van der Waals surface area contributed by atoms with E-state index in [-0.39, 0.29) is 11.9 Å². The Morgan fingerprint density at radius 3 is 2.83 bits per heavy atom. The molecule has 102 valence electrons. The van der Waals surface area contributed by atoms with Gasteiger partial charge < -0.3 is 16.8 Å². The van der Waals surface area contributed by atoms with E-state index in [0.29, 0.717) is 18.0 Å². The number of carbonyl (C=O) groups is 1. The van der Waals surface area contributed by atoms with Crippen molar-refractivity contribution >= 4 is 12.2 Å². The van der Waals surface area contributed by atoms with Crippen molar-refractivity contribution in [1.82, 2.24) is 5.32 Å². The van der Waals surface area contributed by atoms with Gasteiger partial charge in [0.05, 0.1) is 12.4 Å². The molecular weight excluding hydrogens is 228 g/mol. The van der Waals surface area contributed by atoms with Gasteiger partial charge in [-0.2, -0.15) is 0 Å². The van der Waals surface area contributed by atoms with Crippen LogP contribution in [0.2, 0.25) is 0 Å².